The van der Waals surface area contributed by atoms with Crippen molar-refractivity contribution in [1.82, 2.24) is 10.6 Å². The van der Waals surface area contributed by atoms with Crippen LogP contribution in [0.1, 0.15) is 24.9 Å². The Balaban J connectivity index is 0.00000220. The highest BCUT2D eigenvalue weighted by Gasteiger charge is 2.25. The first-order valence-corrected chi connectivity index (χ1v) is 6.69. The van der Waals surface area contributed by atoms with Crippen molar-refractivity contribution in [3.63, 3.8) is 0 Å². The van der Waals surface area contributed by atoms with E-state index in [0.717, 1.165) is 6.07 Å². The molecule has 1 amide bonds. The molecule has 0 bridgehead atoms. The molecule has 2 unspecified atom stereocenters. The van der Waals surface area contributed by atoms with Crippen LogP contribution in [0.15, 0.2) is 18.2 Å². The van der Waals surface area contributed by atoms with Crippen LogP contribution in [0.4, 0.5) is 8.78 Å². The molecule has 1 aromatic rings. The van der Waals surface area contributed by atoms with E-state index in [0.29, 0.717) is 26.1 Å². The fourth-order valence-corrected chi connectivity index (χ4v) is 2.18. The number of hydrogen-bond acceptors (Lipinski definition) is 3. The first-order valence-electron chi connectivity index (χ1n) is 6.69. The number of nitrogens with one attached hydrogen (secondary N) is 2. The van der Waals surface area contributed by atoms with Gasteiger partial charge in [-0.05, 0) is 12.5 Å². The molecule has 1 aromatic carbocycles. The summed E-state index contributed by atoms with van der Waals surface area (Å²) in [5, 5.41) is 5.80. The van der Waals surface area contributed by atoms with Gasteiger partial charge in [0.1, 0.15) is 17.7 Å². The molecule has 2 N–H and O–H groups in total. The van der Waals surface area contributed by atoms with Gasteiger partial charge >= 0.3 is 0 Å². The normalized spacial score (nSPS) is 19.5. The van der Waals surface area contributed by atoms with Gasteiger partial charge in [0.05, 0.1) is 12.6 Å². The third-order valence-electron chi connectivity index (χ3n) is 3.28. The molecule has 7 heteroatoms. The predicted octanol–water partition coefficient (Wildman–Crippen LogP) is 1.94. The number of benzene rings is 1. The Morgan fingerprint density at radius 3 is 2.86 bits per heavy atom. The smallest absolute Gasteiger partial charge is 0.250 e. The van der Waals surface area contributed by atoms with Gasteiger partial charge in [0.15, 0.2) is 0 Å². The Morgan fingerprint density at radius 2 is 2.29 bits per heavy atom. The van der Waals surface area contributed by atoms with Gasteiger partial charge in [-0.15, -0.1) is 12.4 Å². The molecule has 2 rings (SSSR count). The van der Waals surface area contributed by atoms with Crippen molar-refractivity contribution in [3.05, 3.63) is 35.4 Å². The van der Waals surface area contributed by atoms with E-state index in [-0.39, 0.29) is 23.9 Å². The maximum Gasteiger partial charge on any atom is 0.250 e. The van der Waals surface area contributed by atoms with Crippen molar-refractivity contribution in [2.75, 3.05) is 19.7 Å². The van der Waals surface area contributed by atoms with Gasteiger partial charge in [0.2, 0.25) is 0 Å². The second-order valence-corrected chi connectivity index (χ2v) is 4.70. The summed E-state index contributed by atoms with van der Waals surface area (Å²) in [7, 11) is 0. The Kier molecular flexibility index (Phi) is 7.01. The molecule has 0 radical (unpaired) electrons. The minimum absolute atomic E-state index is 0. The molecule has 21 heavy (non-hydrogen) atoms. The van der Waals surface area contributed by atoms with Crippen molar-refractivity contribution >= 4 is 18.3 Å². The van der Waals surface area contributed by atoms with E-state index in [1.54, 1.807) is 0 Å². The largest absolute Gasteiger partial charge is 0.366 e. The summed E-state index contributed by atoms with van der Waals surface area (Å²) in [5.41, 5.74) is 0.283. The van der Waals surface area contributed by atoms with Crippen molar-refractivity contribution < 1.29 is 18.3 Å². The van der Waals surface area contributed by atoms with Gasteiger partial charge in [0.25, 0.3) is 5.91 Å². The SMILES string of the molecule is CCC(NC(=O)C1CNCCO1)c1ccc(F)cc1F.Cl. The lowest BCUT2D eigenvalue weighted by molar-refractivity contribution is -0.135. The summed E-state index contributed by atoms with van der Waals surface area (Å²) in [4.78, 5) is 12.0. The lowest BCUT2D eigenvalue weighted by Gasteiger charge is -2.25. The third kappa shape index (κ3) is 4.62. The van der Waals surface area contributed by atoms with Crippen LogP contribution in [0.5, 0.6) is 0 Å². The maximum absolute atomic E-state index is 13.7. The number of ether oxygens (including phenoxy) is 1. The number of carbonyl (C=O) groups excluding carboxylic acids is 1. The molecule has 118 valence electrons. The van der Waals surface area contributed by atoms with Crippen molar-refractivity contribution in [2.24, 2.45) is 0 Å². The molecule has 0 aliphatic carbocycles. The Bertz CT molecular complexity index is 482. The number of halogens is 3. The Labute approximate surface area is 128 Å². The summed E-state index contributed by atoms with van der Waals surface area (Å²) in [5.74, 6) is -1.57. The second kappa shape index (κ2) is 8.26. The van der Waals surface area contributed by atoms with Crippen LogP contribution in [0.2, 0.25) is 0 Å². The van der Waals surface area contributed by atoms with E-state index in [1.165, 1.54) is 12.1 Å². The molecular weight excluding hydrogens is 302 g/mol. The van der Waals surface area contributed by atoms with Gasteiger partial charge in [0, 0.05) is 24.7 Å². The first-order chi connectivity index (χ1) is 9.61. The highest BCUT2D eigenvalue weighted by Crippen LogP contribution is 2.21. The van der Waals surface area contributed by atoms with E-state index in [9.17, 15) is 13.6 Å². The first kappa shape index (κ1) is 17.8. The molecule has 1 aliphatic heterocycles. The summed E-state index contributed by atoms with van der Waals surface area (Å²) >= 11 is 0. The fourth-order valence-electron chi connectivity index (χ4n) is 2.18. The van der Waals surface area contributed by atoms with E-state index < -0.39 is 23.8 Å². The summed E-state index contributed by atoms with van der Waals surface area (Å²) in [6, 6.07) is 2.88. The van der Waals surface area contributed by atoms with E-state index in [1.807, 2.05) is 6.92 Å². The number of carbonyl (C=O) groups is 1. The van der Waals surface area contributed by atoms with Crippen LogP contribution in [0.3, 0.4) is 0 Å². The second-order valence-electron chi connectivity index (χ2n) is 4.70. The number of hydrogen-bond donors (Lipinski definition) is 2. The monoisotopic (exact) mass is 320 g/mol. The zero-order chi connectivity index (χ0) is 14.5. The van der Waals surface area contributed by atoms with Gasteiger partial charge in [-0.1, -0.05) is 13.0 Å². The molecule has 0 spiro atoms. The minimum atomic E-state index is -0.653. The Hall–Kier alpha value is -1.24. The highest BCUT2D eigenvalue weighted by molar-refractivity contribution is 5.85. The van der Waals surface area contributed by atoms with Gasteiger partial charge < -0.3 is 15.4 Å². The van der Waals surface area contributed by atoms with Crippen LogP contribution >= 0.6 is 12.4 Å². The topological polar surface area (TPSA) is 50.4 Å². The average Bonchev–Trinajstić information content (AvgIpc) is 2.46. The van der Waals surface area contributed by atoms with Gasteiger partial charge in [-0.25, -0.2) is 8.78 Å². The molecule has 1 aliphatic rings. The number of amides is 1. The standard InChI is InChI=1S/C14H18F2N2O2.ClH/c1-2-12(10-4-3-9(15)7-11(10)16)18-14(19)13-8-17-5-6-20-13;/h3-4,7,12-13,17H,2,5-6,8H2,1H3,(H,18,19);1H. The minimum Gasteiger partial charge on any atom is -0.366 e. The predicted molar refractivity (Wildman–Crippen MR) is 77.4 cm³/mol. The van der Waals surface area contributed by atoms with Crippen molar-refractivity contribution in [2.45, 2.75) is 25.5 Å². The maximum atomic E-state index is 13.7. The molecule has 4 nitrogen and oxygen atoms in total. The van der Waals surface area contributed by atoms with Crippen LogP contribution in [0, 0.1) is 11.6 Å². The lowest BCUT2D eigenvalue weighted by Crippen LogP contribution is -2.48. The molecule has 1 heterocycles. The quantitative estimate of drug-likeness (QED) is 0.891. The van der Waals surface area contributed by atoms with Crippen LogP contribution in [-0.2, 0) is 9.53 Å². The summed E-state index contributed by atoms with van der Waals surface area (Å²) < 4.78 is 32.0. The third-order valence-corrected chi connectivity index (χ3v) is 3.28. The number of morpholine rings is 1. The average molecular weight is 321 g/mol. The zero-order valence-electron chi connectivity index (χ0n) is 11.7. The molecule has 2 atom stereocenters. The van der Waals surface area contributed by atoms with Gasteiger partial charge in [-0.3, -0.25) is 4.79 Å². The van der Waals surface area contributed by atoms with Crippen LogP contribution in [0.25, 0.3) is 0 Å². The zero-order valence-corrected chi connectivity index (χ0v) is 12.5. The molecule has 1 fully saturated rings. The molecular formula is C14H19ClF2N2O2. The van der Waals surface area contributed by atoms with Gasteiger partial charge in [-0.2, -0.15) is 0 Å². The van der Waals surface area contributed by atoms with Crippen molar-refractivity contribution in [3.8, 4) is 0 Å². The summed E-state index contributed by atoms with van der Waals surface area (Å²) in [6.07, 6.45) is -0.0599. The molecule has 1 saturated heterocycles. The highest BCUT2D eigenvalue weighted by atomic mass is 35.5. The van der Waals surface area contributed by atoms with E-state index >= 15 is 0 Å². The van der Waals surface area contributed by atoms with E-state index in [2.05, 4.69) is 10.6 Å². The van der Waals surface area contributed by atoms with E-state index in [4.69, 9.17) is 4.74 Å². The van der Waals surface area contributed by atoms with Crippen molar-refractivity contribution in [1.29, 1.82) is 0 Å². The lowest BCUT2D eigenvalue weighted by atomic mass is 10.0. The van der Waals surface area contributed by atoms with Crippen LogP contribution in [-0.4, -0.2) is 31.7 Å². The molecule has 0 aromatic heterocycles. The fraction of sp³-hybridized carbons (Fsp3) is 0.500. The van der Waals surface area contributed by atoms with Crippen LogP contribution < -0.4 is 10.6 Å². The summed E-state index contributed by atoms with van der Waals surface area (Å²) in [6.45, 7) is 3.45. The Morgan fingerprint density at radius 1 is 1.52 bits per heavy atom. The number of rotatable bonds is 4. The molecule has 0 saturated carbocycles.